The zero-order valence-corrected chi connectivity index (χ0v) is 16.9. The molecular formula is C19H24ClFN4O5. The minimum Gasteiger partial charge on any atom is -0.484 e. The van der Waals surface area contributed by atoms with E-state index in [4.69, 9.17) is 21.3 Å². The average Bonchev–Trinajstić information content (AvgIpc) is 3.25. The van der Waals surface area contributed by atoms with Gasteiger partial charge in [0.25, 0.3) is 5.91 Å². The van der Waals surface area contributed by atoms with Crippen molar-refractivity contribution in [1.29, 1.82) is 0 Å². The van der Waals surface area contributed by atoms with Crippen molar-refractivity contribution in [2.24, 2.45) is 0 Å². The molecule has 9 nitrogen and oxygen atoms in total. The smallest absolute Gasteiger partial charge is 0.258 e. The largest absolute Gasteiger partial charge is 0.484 e. The normalized spacial score (nSPS) is 32.6. The summed E-state index contributed by atoms with van der Waals surface area (Å²) in [5.41, 5.74) is 3.93. The number of halogens is 2. The summed E-state index contributed by atoms with van der Waals surface area (Å²) in [5.74, 6) is -1.02. The number of hydrogen-bond donors (Lipinski definition) is 5. The molecule has 1 aromatic carbocycles. The van der Waals surface area contributed by atoms with Gasteiger partial charge in [-0.05, 0) is 44.2 Å². The van der Waals surface area contributed by atoms with Gasteiger partial charge >= 0.3 is 0 Å². The van der Waals surface area contributed by atoms with Crippen LogP contribution in [0.15, 0.2) is 18.2 Å². The molecule has 1 heterocycles. The zero-order valence-electron chi connectivity index (χ0n) is 16.2. The Labute approximate surface area is 177 Å². The lowest BCUT2D eigenvalue weighted by molar-refractivity contribution is -0.137. The third kappa shape index (κ3) is 4.23. The molecule has 2 unspecified atom stereocenters. The Hall–Kier alpha value is -1.98. The monoisotopic (exact) mass is 442 g/mol. The quantitative estimate of drug-likeness (QED) is 0.430. The van der Waals surface area contributed by atoms with Crippen LogP contribution in [0.25, 0.3) is 0 Å². The van der Waals surface area contributed by atoms with Crippen LogP contribution in [0.4, 0.5) is 4.39 Å². The molecule has 164 valence electrons. The van der Waals surface area contributed by atoms with Crippen LogP contribution >= 0.6 is 11.6 Å². The van der Waals surface area contributed by atoms with Gasteiger partial charge in [0.1, 0.15) is 17.6 Å². The van der Waals surface area contributed by atoms with E-state index in [-0.39, 0.29) is 23.3 Å². The highest BCUT2D eigenvalue weighted by Gasteiger charge is 2.55. The first-order chi connectivity index (χ1) is 14.3. The molecule has 30 heavy (non-hydrogen) atoms. The fourth-order valence-electron chi connectivity index (χ4n) is 4.47. The predicted molar refractivity (Wildman–Crippen MR) is 104 cm³/mol. The van der Waals surface area contributed by atoms with E-state index in [9.17, 15) is 19.1 Å². The average molecular weight is 443 g/mol. The molecule has 3 saturated carbocycles. The first-order valence-electron chi connectivity index (χ1n) is 9.84. The van der Waals surface area contributed by atoms with E-state index in [0.717, 1.165) is 6.07 Å². The maximum absolute atomic E-state index is 13.5. The van der Waals surface area contributed by atoms with Crippen LogP contribution in [0.1, 0.15) is 32.1 Å². The third-order valence-corrected chi connectivity index (χ3v) is 6.54. The SMILES string of the molecule is O=C(COc1ccc(Cl)c(F)c1)NC12CCC(NC(=O)C3CNON3)(CC1)CC2O. The summed E-state index contributed by atoms with van der Waals surface area (Å²) in [6.07, 6.45) is 1.89. The van der Waals surface area contributed by atoms with Crippen molar-refractivity contribution in [2.45, 2.75) is 55.3 Å². The molecule has 1 aromatic rings. The number of hydroxylamine groups is 2. The van der Waals surface area contributed by atoms with Crippen LogP contribution < -0.4 is 26.3 Å². The maximum Gasteiger partial charge on any atom is 0.258 e. The maximum atomic E-state index is 13.5. The van der Waals surface area contributed by atoms with Crippen LogP contribution in [0, 0.1) is 5.82 Å². The lowest BCUT2D eigenvalue weighted by Gasteiger charge is -2.56. The summed E-state index contributed by atoms with van der Waals surface area (Å²) < 4.78 is 18.8. The number of aliphatic hydroxyl groups excluding tert-OH is 1. The highest BCUT2D eigenvalue weighted by molar-refractivity contribution is 6.30. The summed E-state index contributed by atoms with van der Waals surface area (Å²) in [5, 5.41) is 16.7. The Morgan fingerprint density at radius 1 is 1.30 bits per heavy atom. The van der Waals surface area contributed by atoms with Crippen molar-refractivity contribution in [2.75, 3.05) is 13.2 Å². The molecule has 5 rings (SSSR count). The number of amides is 2. The van der Waals surface area contributed by atoms with E-state index < -0.39 is 34.9 Å². The van der Waals surface area contributed by atoms with Gasteiger partial charge in [-0.2, -0.15) is 11.0 Å². The summed E-state index contributed by atoms with van der Waals surface area (Å²) in [7, 11) is 0. The first-order valence-corrected chi connectivity index (χ1v) is 10.2. The number of nitrogens with one attached hydrogen (secondary N) is 4. The van der Waals surface area contributed by atoms with Gasteiger partial charge < -0.3 is 20.5 Å². The van der Waals surface area contributed by atoms with Crippen LogP contribution in [-0.2, 0) is 14.5 Å². The number of hydrogen-bond acceptors (Lipinski definition) is 7. The van der Waals surface area contributed by atoms with E-state index >= 15 is 0 Å². The molecule has 5 N–H and O–H groups in total. The zero-order chi connectivity index (χ0) is 21.4. The minimum atomic E-state index is -0.803. The van der Waals surface area contributed by atoms with E-state index in [1.807, 2.05) is 0 Å². The topological polar surface area (TPSA) is 121 Å². The number of ether oxygens (including phenoxy) is 1. The summed E-state index contributed by atoms with van der Waals surface area (Å²) in [6.45, 7) is 0.0553. The molecule has 3 aliphatic carbocycles. The third-order valence-electron chi connectivity index (χ3n) is 6.24. The molecule has 2 bridgehead atoms. The molecule has 0 aromatic heterocycles. The van der Waals surface area contributed by atoms with Crippen molar-refractivity contribution in [3.63, 3.8) is 0 Å². The van der Waals surface area contributed by atoms with E-state index in [1.54, 1.807) is 0 Å². The Morgan fingerprint density at radius 3 is 2.70 bits per heavy atom. The molecule has 2 atom stereocenters. The molecule has 0 radical (unpaired) electrons. The minimum absolute atomic E-state index is 0.0266. The number of carbonyl (C=O) groups excluding carboxylic acids is 2. The van der Waals surface area contributed by atoms with Crippen LogP contribution in [0.5, 0.6) is 5.75 Å². The molecule has 1 saturated heterocycles. The standard InChI is InChI=1S/C19H24ClFN4O5/c20-12-2-1-11(7-13(12)21)29-10-16(27)23-19-5-3-18(4-6-19,8-15(19)26)24-17(28)14-9-22-30-25-14/h1-2,7,14-15,22,25-26H,3-6,8-10H2,(H,23,27)(H,24,28). The van der Waals surface area contributed by atoms with Gasteiger partial charge in [0.2, 0.25) is 5.91 Å². The second-order valence-corrected chi connectivity index (χ2v) is 8.59. The molecule has 2 amide bonds. The summed E-state index contributed by atoms with van der Waals surface area (Å²) in [4.78, 5) is 29.7. The van der Waals surface area contributed by atoms with Crippen molar-refractivity contribution in [3.05, 3.63) is 29.0 Å². The van der Waals surface area contributed by atoms with Gasteiger partial charge in [0.15, 0.2) is 6.61 Å². The second kappa shape index (κ2) is 8.27. The Morgan fingerprint density at radius 2 is 2.07 bits per heavy atom. The van der Waals surface area contributed by atoms with Gasteiger partial charge in [0.05, 0.1) is 16.7 Å². The lowest BCUT2D eigenvalue weighted by atomic mass is 9.60. The number of rotatable bonds is 6. The fraction of sp³-hybridized carbons (Fsp3) is 0.579. The molecule has 4 aliphatic rings. The molecule has 0 spiro atoms. The van der Waals surface area contributed by atoms with Crippen molar-refractivity contribution < 1.29 is 28.8 Å². The van der Waals surface area contributed by atoms with Gasteiger partial charge in [0, 0.05) is 18.2 Å². The summed E-state index contributed by atoms with van der Waals surface area (Å²) >= 11 is 5.63. The van der Waals surface area contributed by atoms with Crippen molar-refractivity contribution in [3.8, 4) is 5.75 Å². The molecule has 4 fully saturated rings. The Bertz CT molecular complexity index is 827. The fourth-order valence-corrected chi connectivity index (χ4v) is 4.58. The van der Waals surface area contributed by atoms with Crippen molar-refractivity contribution in [1.82, 2.24) is 21.6 Å². The van der Waals surface area contributed by atoms with Gasteiger partial charge in [-0.25, -0.2) is 9.33 Å². The van der Waals surface area contributed by atoms with Crippen molar-refractivity contribution >= 4 is 23.4 Å². The summed E-state index contributed by atoms with van der Waals surface area (Å²) in [6, 6.07) is 3.45. The lowest BCUT2D eigenvalue weighted by Crippen LogP contribution is -2.71. The molecule has 1 aliphatic heterocycles. The molecule has 11 heteroatoms. The second-order valence-electron chi connectivity index (χ2n) is 8.18. The van der Waals surface area contributed by atoms with E-state index in [2.05, 4.69) is 21.6 Å². The van der Waals surface area contributed by atoms with Gasteiger partial charge in [-0.15, -0.1) is 0 Å². The number of fused-ring (bicyclic) bond motifs is 3. The predicted octanol–water partition coefficient (Wildman–Crippen LogP) is 0.315. The first kappa shape index (κ1) is 21.3. The number of aliphatic hydroxyl groups is 1. The Balaban J connectivity index is 1.32. The molecular weight excluding hydrogens is 419 g/mol. The Kier molecular flexibility index (Phi) is 5.86. The van der Waals surface area contributed by atoms with Crippen LogP contribution in [-0.4, -0.2) is 53.3 Å². The van der Waals surface area contributed by atoms with E-state index in [1.165, 1.54) is 12.1 Å². The number of carbonyl (C=O) groups is 2. The van der Waals surface area contributed by atoms with Crippen LogP contribution in [0.2, 0.25) is 5.02 Å². The van der Waals surface area contributed by atoms with E-state index in [0.29, 0.717) is 38.6 Å². The number of benzene rings is 1. The van der Waals surface area contributed by atoms with Gasteiger partial charge in [-0.3, -0.25) is 9.59 Å². The van der Waals surface area contributed by atoms with Gasteiger partial charge in [-0.1, -0.05) is 11.6 Å². The van der Waals surface area contributed by atoms with Crippen LogP contribution in [0.3, 0.4) is 0 Å². The highest BCUT2D eigenvalue weighted by atomic mass is 35.5. The highest BCUT2D eigenvalue weighted by Crippen LogP contribution is 2.47.